The summed E-state index contributed by atoms with van der Waals surface area (Å²) in [5, 5.41) is 0. The van der Waals surface area contributed by atoms with Crippen molar-refractivity contribution >= 4 is 11.9 Å². The molecule has 0 spiro atoms. The van der Waals surface area contributed by atoms with Crippen LogP contribution in [0.2, 0.25) is 0 Å². The lowest BCUT2D eigenvalue weighted by molar-refractivity contribution is -0.192. The first-order valence-electron chi connectivity index (χ1n) is 6.07. The molecule has 0 amide bonds. The first kappa shape index (κ1) is 16.9. The summed E-state index contributed by atoms with van der Waals surface area (Å²) in [5.41, 5.74) is 0. The van der Waals surface area contributed by atoms with Crippen LogP contribution in [0.1, 0.15) is 40.5 Å². The molecule has 0 saturated carbocycles. The highest BCUT2D eigenvalue weighted by atomic mass is 16.7. The molecule has 106 valence electrons. The van der Waals surface area contributed by atoms with E-state index in [1.165, 1.54) is 13.8 Å². The minimum absolute atomic E-state index is 0.408. The van der Waals surface area contributed by atoms with Gasteiger partial charge in [-0.3, -0.25) is 9.59 Å². The van der Waals surface area contributed by atoms with Crippen LogP contribution in [0.25, 0.3) is 0 Å². The first-order chi connectivity index (χ1) is 8.49. The molecular formula is C12H22O6. The largest absolute Gasteiger partial charge is 0.436 e. The fourth-order valence-electron chi connectivity index (χ4n) is 1.37. The van der Waals surface area contributed by atoms with Gasteiger partial charge in [-0.25, -0.2) is 0 Å². The van der Waals surface area contributed by atoms with Crippen LogP contribution in [-0.2, 0) is 28.5 Å². The molecule has 0 aromatic carbocycles. The minimum atomic E-state index is -0.633. The molecule has 0 bridgehead atoms. The predicted molar refractivity (Wildman–Crippen MR) is 63.6 cm³/mol. The second kappa shape index (κ2) is 9.85. The molecule has 6 heteroatoms. The number of carbonyl (C=O) groups is 2. The quantitative estimate of drug-likeness (QED) is 0.464. The van der Waals surface area contributed by atoms with Crippen molar-refractivity contribution in [3.63, 3.8) is 0 Å². The maximum absolute atomic E-state index is 10.9. The van der Waals surface area contributed by atoms with E-state index >= 15 is 0 Å². The van der Waals surface area contributed by atoms with Gasteiger partial charge in [-0.15, -0.1) is 0 Å². The van der Waals surface area contributed by atoms with Gasteiger partial charge < -0.3 is 18.9 Å². The van der Waals surface area contributed by atoms with Crippen LogP contribution in [-0.4, -0.2) is 37.7 Å². The van der Waals surface area contributed by atoms with Gasteiger partial charge in [-0.1, -0.05) is 0 Å². The number of hydrogen-bond acceptors (Lipinski definition) is 6. The normalized spacial score (nSPS) is 13.8. The number of hydrogen-bond donors (Lipinski definition) is 0. The number of rotatable bonds is 9. The van der Waals surface area contributed by atoms with Crippen LogP contribution >= 0.6 is 0 Å². The van der Waals surface area contributed by atoms with Crippen LogP contribution in [0.4, 0.5) is 0 Å². The molecule has 0 radical (unpaired) electrons. The Kier molecular flexibility index (Phi) is 9.22. The third-order valence-electron chi connectivity index (χ3n) is 1.94. The monoisotopic (exact) mass is 262 g/mol. The second-order valence-corrected chi connectivity index (χ2v) is 3.57. The van der Waals surface area contributed by atoms with Gasteiger partial charge in [0, 0.05) is 39.9 Å². The van der Waals surface area contributed by atoms with E-state index in [1.807, 2.05) is 13.8 Å². The van der Waals surface area contributed by atoms with Crippen molar-refractivity contribution in [1.29, 1.82) is 0 Å². The van der Waals surface area contributed by atoms with Crippen LogP contribution in [0.15, 0.2) is 0 Å². The van der Waals surface area contributed by atoms with E-state index in [-0.39, 0.29) is 0 Å². The van der Waals surface area contributed by atoms with Crippen LogP contribution in [0, 0.1) is 0 Å². The lowest BCUT2D eigenvalue weighted by Crippen LogP contribution is -2.25. The summed E-state index contributed by atoms with van der Waals surface area (Å²) in [6, 6.07) is 0. The van der Waals surface area contributed by atoms with Crippen molar-refractivity contribution in [2.75, 3.05) is 13.2 Å². The molecule has 0 fully saturated rings. The van der Waals surface area contributed by atoms with Gasteiger partial charge in [0.25, 0.3) is 0 Å². The van der Waals surface area contributed by atoms with E-state index in [0.29, 0.717) is 26.1 Å². The maximum atomic E-state index is 10.9. The predicted octanol–water partition coefficient (Wildman–Crippen LogP) is 1.62. The average molecular weight is 262 g/mol. The number of carbonyl (C=O) groups excluding carboxylic acids is 2. The highest BCUT2D eigenvalue weighted by molar-refractivity contribution is 5.66. The minimum Gasteiger partial charge on any atom is -0.436 e. The Bertz CT molecular complexity index is 227. The molecule has 0 saturated heterocycles. The molecule has 0 rings (SSSR count). The molecule has 18 heavy (non-hydrogen) atoms. The van der Waals surface area contributed by atoms with Gasteiger partial charge in [0.1, 0.15) is 0 Å². The van der Waals surface area contributed by atoms with E-state index in [0.717, 1.165) is 0 Å². The second-order valence-electron chi connectivity index (χ2n) is 3.57. The number of esters is 2. The summed E-state index contributed by atoms with van der Waals surface area (Å²) in [6.07, 6.45) is -0.450. The fourth-order valence-corrected chi connectivity index (χ4v) is 1.37. The Morgan fingerprint density at radius 1 is 0.833 bits per heavy atom. The van der Waals surface area contributed by atoms with Gasteiger partial charge in [0.05, 0.1) is 0 Å². The maximum Gasteiger partial charge on any atom is 0.304 e. The summed E-state index contributed by atoms with van der Waals surface area (Å²) in [5.74, 6) is -0.817. The molecule has 0 aromatic heterocycles. The van der Waals surface area contributed by atoms with Crippen molar-refractivity contribution in [2.45, 2.75) is 53.1 Å². The third-order valence-corrected chi connectivity index (χ3v) is 1.94. The Morgan fingerprint density at radius 3 is 1.39 bits per heavy atom. The van der Waals surface area contributed by atoms with E-state index in [2.05, 4.69) is 0 Å². The van der Waals surface area contributed by atoms with Gasteiger partial charge >= 0.3 is 11.9 Å². The highest BCUT2D eigenvalue weighted by Crippen LogP contribution is 2.11. The van der Waals surface area contributed by atoms with Gasteiger partial charge in [0.2, 0.25) is 12.6 Å². The standard InChI is InChI=1S/C12H22O6/c1-5-15-11(17-9(3)13)7-8-12(16-6-2)18-10(4)14/h11-12H,5-8H2,1-4H3. The van der Waals surface area contributed by atoms with E-state index < -0.39 is 24.5 Å². The topological polar surface area (TPSA) is 71.1 Å². The van der Waals surface area contributed by atoms with Gasteiger partial charge in [-0.2, -0.15) is 0 Å². The van der Waals surface area contributed by atoms with Crippen molar-refractivity contribution in [3.8, 4) is 0 Å². The summed E-state index contributed by atoms with van der Waals surface area (Å²) in [6.45, 7) is 7.12. The summed E-state index contributed by atoms with van der Waals surface area (Å²) in [4.78, 5) is 21.7. The molecule has 0 aliphatic carbocycles. The molecule has 0 N–H and O–H groups in total. The van der Waals surface area contributed by atoms with Crippen molar-refractivity contribution in [3.05, 3.63) is 0 Å². The van der Waals surface area contributed by atoms with E-state index in [9.17, 15) is 9.59 Å². The Morgan fingerprint density at radius 2 is 1.17 bits per heavy atom. The van der Waals surface area contributed by atoms with Crippen LogP contribution < -0.4 is 0 Å². The molecular weight excluding hydrogens is 240 g/mol. The molecule has 0 aromatic rings. The zero-order valence-corrected chi connectivity index (χ0v) is 11.4. The van der Waals surface area contributed by atoms with Gasteiger partial charge in [-0.05, 0) is 13.8 Å². The Labute approximate surface area is 108 Å². The smallest absolute Gasteiger partial charge is 0.304 e. The summed E-state index contributed by atoms with van der Waals surface area (Å²) >= 11 is 0. The summed E-state index contributed by atoms with van der Waals surface area (Å²) < 4.78 is 20.4. The zero-order chi connectivity index (χ0) is 14.0. The number of ether oxygens (including phenoxy) is 4. The van der Waals surface area contributed by atoms with Crippen LogP contribution in [0.3, 0.4) is 0 Å². The van der Waals surface area contributed by atoms with E-state index in [1.54, 1.807) is 0 Å². The zero-order valence-electron chi connectivity index (χ0n) is 11.4. The van der Waals surface area contributed by atoms with Crippen molar-refractivity contribution in [1.82, 2.24) is 0 Å². The lowest BCUT2D eigenvalue weighted by Gasteiger charge is -2.20. The van der Waals surface area contributed by atoms with Gasteiger partial charge in [0.15, 0.2) is 0 Å². The SMILES string of the molecule is CCOC(CCC(OCC)OC(C)=O)OC(C)=O. The van der Waals surface area contributed by atoms with Crippen molar-refractivity contribution < 1.29 is 28.5 Å². The Balaban J connectivity index is 4.16. The first-order valence-corrected chi connectivity index (χ1v) is 6.07. The van der Waals surface area contributed by atoms with E-state index in [4.69, 9.17) is 18.9 Å². The molecule has 0 aliphatic rings. The fraction of sp³-hybridized carbons (Fsp3) is 0.833. The molecule has 2 atom stereocenters. The molecule has 0 heterocycles. The Hall–Kier alpha value is -1.14. The third kappa shape index (κ3) is 8.95. The summed E-state index contributed by atoms with van der Waals surface area (Å²) in [7, 11) is 0. The highest BCUT2D eigenvalue weighted by Gasteiger charge is 2.18. The van der Waals surface area contributed by atoms with Crippen LogP contribution in [0.5, 0.6) is 0 Å². The average Bonchev–Trinajstić information content (AvgIpc) is 2.24. The molecule has 0 aliphatic heterocycles. The molecule has 6 nitrogen and oxygen atoms in total. The van der Waals surface area contributed by atoms with Crippen molar-refractivity contribution in [2.24, 2.45) is 0 Å². The lowest BCUT2D eigenvalue weighted by atomic mass is 10.3. The molecule has 2 unspecified atom stereocenters.